The van der Waals surface area contributed by atoms with E-state index >= 15 is 0 Å². The highest BCUT2D eigenvalue weighted by Gasteiger charge is 2.28. The monoisotopic (exact) mass is 316 g/mol. The Morgan fingerprint density at radius 1 is 1.47 bits per heavy atom. The fraction of sp³-hybridized carbons (Fsp3) is 0.500. The van der Waals surface area contributed by atoms with Crippen LogP contribution in [0.25, 0.3) is 0 Å². The fourth-order valence-electron chi connectivity index (χ4n) is 0.636. The van der Waals surface area contributed by atoms with E-state index in [4.69, 9.17) is 39.5 Å². The van der Waals surface area contributed by atoms with Crippen molar-refractivity contribution < 1.29 is 4.74 Å². The van der Waals surface area contributed by atoms with Crippen molar-refractivity contribution in [2.24, 2.45) is 0 Å². The van der Waals surface area contributed by atoms with Crippen molar-refractivity contribution in [3.05, 3.63) is 12.2 Å². The fourth-order valence-corrected chi connectivity index (χ4v) is 1.68. The minimum atomic E-state index is -1.56. The van der Waals surface area contributed by atoms with Crippen molar-refractivity contribution in [1.29, 1.82) is 0 Å². The standard InChI is InChI=1S/C5H5Cl3N2OS.CH2N4/c1-2-11-4-9-3(10-12-4)5(6,7)8;1-2-4-5-3-1/h2H2,1H3;1H,(H,2,3,4,5). The number of aromatic nitrogens is 6. The number of tetrazole rings is 1. The molecule has 94 valence electrons. The van der Waals surface area contributed by atoms with Crippen molar-refractivity contribution in [2.75, 3.05) is 6.61 Å². The first-order valence-corrected chi connectivity index (χ1v) is 6.15. The second kappa shape index (κ2) is 6.90. The summed E-state index contributed by atoms with van der Waals surface area (Å²) in [6.07, 6.45) is 1.33. The average molecular weight is 318 g/mol. The van der Waals surface area contributed by atoms with Crippen LogP contribution < -0.4 is 4.74 Å². The number of aromatic amines is 1. The molecule has 2 heterocycles. The predicted molar refractivity (Wildman–Crippen MR) is 64.5 cm³/mol. The molecule has 0 bridgehead atoms. The van der Waals surface area contributed by atoms with Crippen LogP contribution in [-0.2, 0) is 3.79 Å². The van der Waals surface area contributed by atoms with Gasteiger partial charge in [-0.25, -0.2) is 0 Å². The minimum absolute atomic E-state index is 0.154. The van der Waals surface area contributed by atoms with E-state index < -0.39 is 3.79 Å². The van der Waals surface area contributed by atoms with E-state index in [9.17, 15) is 0 Å². The van der Waals surface area contributed by atoms with Gasteiger partial charge in [-0.2, -0.15) is 14.6 Å². The van der Waals surface area contributed by atoms with Crippen LogP contribution in [0, 0.1) is 0 Å². The first-order valence-electron chi connectivity index (χ1n) is 4.24. The number of rotatable bonds is 2. The molecule has 7 nitrogen and oxygen atoms in total. The number of hydrogen-bond donors (Lipinski definition) is 1. The van der Waals surface area contributed by atoms with Gasteiger partial charge in [0.1, 0.15) is 0 Å². The van der Waals surface area contributed by atoms with Crippen LogP contribution in [0.4, 0.5) is 0 Å². The first-order chi connectivity index (χ1) is 8.04. The lowest BCUT2D eigenvalue weighted by atomic mass is 10.7. The lowest BCUT2D eigenvalue weighted by Crippen LogP contribution is -2.02. The molecular weight excluding hydrogens is 311 g/mol. The van der Waals surface area contributed by atoms with Crippen molar-refractivity contribution in [1.82, 2.24) is 30.0 Å². The van der Waals surface area contributed by atoms with E-state index in [1.165, 1.54) is 6.33 Å². The van der Waals surface area contributed by atoms with Gasteiger partial charge in [-0.15, -0.1) is 10.2 Å². The number of halogens is 3. The Kier molecular flexibility index (Phi) is 5.83. The smallest absolute Gasteiger partial charge is 0.293 e. The molecule has 0 unspecified atom stereocenters. The van der Waals surface area contributed by atoms with Gasteiger partial charge >= 0.3 is 0 Å². The summed E-state index contributed by atoms with van der Waals surface area (Å²) < 4.78 is 7.30. The maximum absolute atomic E-state index is 5.53. The number of alkyl halides is 3. The summed E-state index contributed by atoms with van der Waals surface area (Å²) in [5.41, 5.74) is 0. The summed E-state index contributed by atoms with van der Waals surface area (Å²) in [6, 6.07) is 0. The van der Waals surface area contributed by atoms with Crippen LogP contribution in [0.3, 0.4) is 0 Å². The van der Waals surface area contributed by atoms with Crippen LogP contribution in [0.5, 0.6) is 5.19 Å². The highest BCUT2D eigenvalue weighted by Crippen LogP contribution is 2.37. The molecule has 0 aromatic carbocycles. The normalized spacial score (nSPS) is 10.6. The zero-order valence-electron chi connectivity index (χ0n) is 8.47. The van der Waals surface area contributed by atoms with Gasteiger partial charge in [-0.05, 0) is 6.92 Å². The van der Waals surface area contributed by atoms with Gasteiger partial charge in [0.2, 0.25) is 0 Å². The Morgan fingerprint density at radius 2 is 2.24 bits per heavy atom. The number of ether oxygens (including phenoxy) is 1. The highest BCUT2D eigenvalue weighted by molar-refractivity contribution is 7.07. The quantitative estimate of drug-likeness (QED) is 0.852. The first kappa shape index (κ1) is 14.4. The van der Waals surface area contributed by atoms with Crippen molar-refractivity contribution >= 4 is 46.3 Å². The highest BCUT2D eigenvalue weighted by atomic mass is 35.6. The molecule has 0 radical (unpaired) electrons. The Bertz CT molecular complexity index is 398. The second-order valence-corrected chi connectivity index (χ2v) is 5.37. The van der Waals surface area contributed by atoms with E-state index in [-0.39, 0.29) is 5.82 Å². The zero-order chi connectivity index (χ0) is 12.7. The van der Waals surface area contributed by atoms with Gasteiger partial charge < -0.3 is 4.74 Å². The summed E-state index contributed by atoms with van der Waals surface area (Å²) in [7, 11) is 0. The van der Waals surface area contributed by atoms with E-state index in [0.29, 0.717) is 11.8 Å². The van der Waals surface area contributed by atoms with E-state index in [1.807, 2.05) is 6.92 Å². The number of nitrogens with one attached hydrogen (secondary N) is 1. The molecule has 0 atom stereocenters. The second-order valence-electron chi connectivity index (χ2n) is 2.37. The molecule has 0 aliphatic carbocycles. The molecule has 11 heteroatoms. The van der Waals surface area contributed by atoms with Gasteiger partial charge in [0.05, 0.1) is 6.61 Å². The summed E-state index contributed by atoms with van der Waals surface area (Å²) in [4.78, 5) is 3.86. The van der Waals surface area contributed by atoms with Crippen molar-refractivity contribution in [3.63, 3.8) is 0 Å². The van der Waals surface area contributed by atoms with E-state index in [1.54, 1.807) is 0 Å². The SMILES string of the molecule is CCOc1nc(C(Cl)(Cl)Cl)ns1.c1nn[nH]n1. The molecule has 0 aliphatic rings. The molecule has 0 fully saturated rings. The third-order valence-electron chi connectivity index (χ3n) is 1.20. The number of H-pyrrole nitrogens is 1. The van der Waals surface area contributed by atoms with Crippen LogP contribution in [0.1, 0.15) is 12.7 Å². The molecule has 0 spiro atoms. The minimum Gasteiger partial charge on any atom is -0.469 e. The summed E-state index contributed by atoms with van der Waals surface area (Å²) >= 11 is 17.7. The molecule has 2 rings (SSSR count). The van der Waals surface area contributed by atoms with Gasteiger partial charge in [0, 0.05) is 11.5 Å². The lowest BCUT2D eigenvalue weighted by molar-refractivity contribution is 0.337. The van der Waals surface area contributed by atoms with Gasteiger partial charge in [0.15, 0.2) is 12.2 Å². The third-order valence-corrected chi connectivity index (χ3v) is 2.33. The van der Waals surface area contributed by atoms with Crippen LogP contribution in [0.15, 0.2) is 6.33 Å². The third kappa shape index (κ3) is 5.44. The molecule has 2 aromatic rings. The van der Waals surface area contributed by atoms with Crippen LogP contribution in [0.2, 0.25) is 0 Å². The molecule has 0 amide bonds. The lowest BCUT2D eigenvalue weighted by Gasteiger charge is -2.02. The molecule has 0 saturated carbocycles. The van der Waals surface area contributed by atoms with Gasteiger partial charge in [0.25, 0.3) is 8.99 Å². The molecule has 0 saturated heterocycles. The van der Waals surface area contributed by atoms with Crippen LogP contribution in [-0.4, -0.2) is 36.6 Å². The molecule has 0 aliphatic heterocycles. The van der Waals surface area contributed by atoms with Gasteiger partial charge in [-0.3, -0.25) is 0 Å². The molecule has 17 heavy (non-hydrogen) atoms. The number of hydrogen-bond acceptors (Lipinski definition) is 7. The van der Waals surface area contributed by atoms with E-state index in [0.717, 1.165) is 11.5 Å². The molecule has 2 aromatic heterocycles. The Balaban J connectivity index is 0.000000239. The Labute approximate surface area is 116 Å². The summed E-state index contributed by atoms with van der Waals surface area (Å²) in [5, 5.41) is 12.6. The number of nitrogens with zero attached hydrogens (tertiary/aromatic N) is 5. The average Bonchev–Trinajstić information content (AvgIpc) is 2.90. The molecule has 1 N–H and O–H groups in total. The van der Waals surface area contributed by atoms with Crippen molar-refractivity contribution in [2.45, 2.75) is 10.7 Å². The largest absolute Gasteiger partial charge is 0.469 e. The maximum atomic E-state index is 5.53. The van der Waals surface area contributed by atoms with Crippen molar-refractivity contribution in [3.8, 4) is 5.19 Å². The Morgan fingerprint density at radius 3 is 2.59 bits per heavy atom. The predicted octanol–water partition coefficient (Wildman–Crippen LogP) is 1.96. The summed E-state index contributed by atoms with van der Waals surface area (Å²) in [5.74, 6) is 0.154. The van der Waals surface area contributed by atoms with Crippen LogP contribution >= 0.6 is 46.3 Å². The Hall–Kier alpha value is -0.700. The molecular formula is C6H7Cl3N6OS. The summed E-state index contributed by atoms with van der Waals surface area (Å²) in [6.45, 7) is 2.37. The topological polar surface area (TPSA) is 89.5 Å². The maximum Gasteiger partial charge on any atom is 0.293 e. The van der Waals surface area contributed by atoms with E-state index in [2.05, 4.69) is 30.0 Å². The zero-order valence-corrected chi connectivity index (χ0v) is 11.6. The van der Waals surface area contributed by atoms with Gasteiger partial charge in [-0.1, -0.05) is 40.0 Å².